The van der Waals surface area contributed by atoms with Gasteiger partial charge in [0.1, 0.15) is 6.07 Å². The van der Waals surface area contributed by atoms with Crippen molar-refractivity contribution >= 4 is 30.3 Å². The average Bonchev–Trinajstić information content (AvgIpc) is 2.66. The average molecular weight is 245 g/mol. The second-order valence-corrected chi connectivity index (χ2v) is 4.92. The number of carbonyl (C=O) groups excluding carboxylic acids is 1. The van der Waals surface area contributed by atoms with Crippen LogP contribution in [0.4, 0.5) is 0 Å². The molecule has 78 valence electrons. The highest BCUT2D eigenvalue weighted by atomic mass is 32.2. The second kappa shape index (κ2) is 4.52. The van der Waals surface area contributed by atoms with Gasteiger partial charge in [-0.2, -0.15) is 5.26 Å². The first kappa shape index (κ1) is 10.9. The first-order valence-electron chi connectivity index (χ1n) is 4.54. The number of aldehydes is 1. The number of nitrogens with zero attached hydrogens (tertiary/aromatic N) is 1. The Kier molecular flexibility index (Phi) is 3.09. The van der Waals surface area contributed by atoms with Crippen molar-refractivity contribution in [1.29, 1.82) is 5.26 Å². The van der Waals surface area contributed by atoms with Crippen LogP contribution in [0.3, 0.4) is 0 Å². The highest BCUT2D eigenvalue weighted by molar-refractivity contribution is 7.83. The van der Waals surface area contributed by atoms with Crippen LogP contribution < -0.4 is 0 Å². The largest absolute Gasteiger partial charge is 0.297 e. The Morgan fingerprint density at radius 2 is 2.00 bits per heavy atom. The van der Waals surface area contributed by atoms with E-state index in [9.17, 15) is 4.79 Å². The van der Waals surface area contributed by atoms with Gasteiger partial charge in [-0.25, -0.2) is 0 Å². The molecule has 0 fully saturated rings. The molecule has 2 rings (SSSR count). The number of hydrogen-bond acceptors (Lipinski definition) is 4. The smallest absolute Gasteiger partial charge is 0.160 e. The van der Waals surface area contributed by atoms with Gasteiger partial charge in [0.25, 0.3) is 0 Å². The topological polar surface area (TPSA) is 40.9 Å². The zero-order chi connectivity index (χ0) is 11.5. The van der Waals surface area contributed by atoms with Crippen molar-refractivity contribution < 1.29 is 4.79 Å². The van der Waals surface area contributed by atoms with Gasteiger partial charge < -0.3 is 0 Å². The van der Waals surface area contributed by atoms with E-state index in [0.29, 0.717) is 20.2 Å². The molecule has 0 aliphatic rings. The number of carbonyl (C=O) groups is 1. The van der Waals surface area contributed by atoms with Crippen molar-refractivity contribution in [1.82, 2.24) is 0 Å². The van der Waals surface area contributed by atoms with Crippen LogP contribution in [0.5, 0.6) is 0 Å². The van der Waals surface area contributed by atoms with Gasteiger partial charge in [-0.1, -0.05) is 30.3 Å². The normalized spacial score (nSPS) is 9.75. The van der Waals surface area contributed by atoms with Crippen LogP contribution >= 0.6 is 24.0 Å². The molecular formula is C12H7NOS2. The molecule has 0 atom stereocenters. The monoisotopic (exact) mass is 245 g/mol. The van der Waals surface area contributed by atoms with E-state index >= 15 is 0 Å². The maximum atomic E-state index is 10.9. The summed E-state index contributed by atoms with van der Waals surface area (Å²) in [6.45, 7) is 0. The molecule has 4 heteroatoms. The summed E-state index contributed by atoms with van der Waals surface area (Å²) in [5, 5.41) is 9.06. The summed E-state index contributed by atoms with van der Waals surface area (Å²) >= 11 is 5.44. The number of thiophene rings is 1. The number of hydrogen-bond donors (Lipinski definition) is 1. The highest BCUT2D eigenvalue weighted by Gasteiger charge is 2.16. The van der Waals surface area contributed by atoms with Gasteiger partial charge >= 0.3 is 0 Å². The Balaban J connectivity index is 2.73. The molecule has 0 amide bonds. The summed E-state index contributed by atoms with van der Waals surface area (Å²) in [4.78, 5) is 11.5. The highest BCUT2D eigenvalue weighted by Crippen LogP contribution is 2.37. The predicted molar refractivity (Wildman–Crippen MR) is 67.1 cm³/mol. The maximum absolute atomic E-state index is 10.9. The zero-order valence-corrected chi connectivity index (χ0v) is 9.89. The number of nitriles is 1. The Labute approximate surface area is 103 Å². The van der Waals surface area contributed by atoms with Gasteiger partial charge in [-0.05, 0) is 5.56 Å². The molecule has 1 aromatic heterocycles. The second-order valence-electron chi connectivity index (χ2n) is 3.12. The van der Waals surface area contributed by atoms with Gasteiger partial charge in [0.05, 0.1) is 14.6 Å². The lowest BCUT2D eigenvalue weighted by Gasteiger charge is -1.99. The van der Waals surface area contributed by atoms with Gasteiger partial charge in [-0.3, -0.25) is 4.79 Å². The van der Waals surface area contributed by atoms with E-state index in [0.717, 1.165) is 11.8 Å². The van der Waals surface area contributed by atoms with Gasteiger partial charge in [-0.15, -0.1) is 24.0 Å². The Bertz CT molecular complexity index is 567. The van der Waals surface area contributed by atoms with Crippen LogP contribution in [0.25, 0.3) is 11.1 Å². The zero-order valence-electron chi connectivity index (χ0n) is 8.18. The van der Waals surface area contributed by atoms with Gasteiger partial charge in [0, 0.05) is 5.56 Å². The summed E-state index contributed by atoms with van der Waals surface area (Å²) in [5.41, 5.74) is 2.03. The molecule has 0 bridgehead atoms. The molecule has 0 aliphatic carbocycles. The summed E-state index contributed by atoms with van der Waals surface area (Å²) in [7, 11) is 0. The lowest BCUT2D eigenvalue weighted by molar-refractivity contribution is 0.112. The van der Waals surface area contributed by atoms with Crippen molar-refractivity contribution in [3.05, 3.63) is 40.8 Å². The number of rotatable bonds is 2. The van der Waals surface area contributed by atoms with E-state index in [2.05, 4.69) is 18.7 Å². The Morgan fingerprint density at radius 3 is 2.56 bits per heavy atom. The molecule has 0 radical (unpaired) electrons. The molecular weight excluding hydrogens is 238 g/mol. The Morgan fingerprint density at radius 1 is 1.31 bits per heavy atom. The minimum Gasteiger partial charge on any atom is -0.297 e. The molecule has 0 unspecified atom stereocenters. The minimum atomic E-state index is 0.474. The van der Waals surface area contributed by atoms with Crippen molar-refractivity contribution in [2.24, 2.45) is 0 Å². The fourth-order valence-electron chi connectivity index (χ4n) is 1.51. The quantitative estimate of drug-likeness (QED) is 0.651. The first-order valence-corrected chi connectivity index (χ1v) is 5.80. The third-order valence-corrected chi connectivity index (χ3v) is 3.61. The molecule has 1 aromatic carbocycles. The fourth-order valence-corrected chi connectivity index (χ4v) is 2.80. The molecule has 0 spiro atoms. The standard InChI is InChI=1S/C12H7NOS2/c13-6-9-11(8-4-2-1-3-5-8)10(7-14)16-12(9)15/h1-5,7,15H. The number of benzene rings is 1. The van der Waals surface area contributed by atoms with Crippen LogP contribution in [0.2, 0.25) is 0 Å². The van der Waals surface area contributed by atoms with Crippen molar-refractivity contribution in [2.75, 3.05) is 0 Å². The third kappa shape index (κ3) is 1.75. The van der Waals surface area contributed by atoms with Crippen molar-refractivity contribution in [2.45, 2.75) is 4.21 Å². The van der Waals surface area contributed by atoms with E-state index in [4.69, 9.17) is 5.26 Å². The molecule has 1 heterocycles. The third-order valence-electron chi connectivity index (χ3n) is 2.20. The van der Waals surface area contributed by atoms with E-state index in [1.807, 2.05) is 30.3 Å². The van der Waals surface area contributed by atoms with Crippen LogP contribution in [-0.4, -0.2) is 6.29 Å². The molecule has 2 nitrogen and oxygen atoms in total. The van der Waals surface area contributed by atoms with Crippen molar-refractivity contribution in [3.63, 3.8) is 0 Å². The van der Waals surface area contributed by atoms with Gasteiger partial charge in [0.2, 0.25) is 0 Å². The maximum Gasteiger partial charge on any atom is 0.160 e. The molecule has 2 aromatic rings. The molecule has 0 saturated heterocycles. The van der Waals surface area contributed by atoms with Crippen LogP contribution in [0.1, 0.15) is 15.2 Å². The van der Waals surface area contributed by atoms with Crippen LogP contribution in [0.15, 0.2) is 34.5 Å². The predicted octanol–water partition coefficient (Wildman–Crippen LogP) is 3.39. The van der Waals surface area contributed by atoms with Crippen LogP contribution in [-0.2, 0) is 0 Å². The van der Waals surface area contributed by atoms with E-state index in [1.54, 1.807) is 0 Å². The summed E-state index contributed by atoms with van der Waals surface area (Å²) in [6.07, 6.45) is 0.771. The molecule has 0 saturated carbocycles. The van der Waals surface area contributed by atoms with Crippen LogP contribution in [0, 0.1) is 11.3 Å². The lowest BCUT2D eigenvalue weighted by atomic mass is 10.0. The molecule has 0 aliphatic heterocycles. The molecule has 0 N–H and O–H groups in total. The fraction of sp³-hybridized carbons (Fsp3) is 0. The SMILES string of the molecule is N#Cc1c(S)sc(C=O)c1-c1ccccc1. The minimum absolute atomic E-state index is 0.474. The van der Waals surface area contributed by atoms with E-state index in [1.165, 1.54) is 11.3 Å². The van der Waals surface area contributed by atoms with Gasteiger partial charge in [0.15, 0.2) is 6.29 Å². The lowest BCUT2D eigenvalue weighted by Crippen LogP contribution is -1.83. The number of thiol groups is 1. The van der Waals surface area contributed by atoms with E-state index in [-0.39, 0.29) is 0 Å². The summed E-state index contributed by atoms with van der Waals surface area (Å²) in [6, 6.07) is 11.5. The first-order chi connectivity index (χ1) is 7.77. The Hall–Kier alpha value is -1.57. The van der Waals surface area contributed by atoms with Crippen molar-refractivity contribution in [3.8, 4) is 17.2 Å². The summed E-state index contributed by atoms with van der Waals surface area (Å²) < 4.78 is 0.587. The molecule has 16 heavy (non-hydrogen) atoms. The van der Waals surface area contributed by atoms with E-state index < -0.39 is 0 Å². The summed E-state index contributed by atoms with van der Waals surface area (Å²) in [5.74, 6) is 0.